The van der Waals surface area contributed by atoms with Gasteiger partial charge in [0.05, 0.1) is 35.9 Å². The van der Waals surface area contributed by atoms with E-state index in [9.17, 15) is 24.6 Å². The Hall–Kier alpha value is -2.89. The first-order valence-electron chi connectivity index (χ1n) is 22.0. The number of methoxy groups -OCH3 is 1. The van der Waals surface area contributed by atoms with Crippen molar-refractivity contribution < 1.29 is 57.8 Å². The highest BCUT2D eigenvalue weighted by atomic mass is 16.7. The lowest BCUT2D eigenvalue weighted by Gasteiger charge is -2.49. The summed E-state index contributed by atoms with van der Waals surface area (Å²) >= 11 is 0. The Balaban J connectivity index is 1.78. The van der Waals surface area contributed by atoms with Gasteiger partial charge >= 0.3 is 5.97 Å². The van der Waals surface area contributed by atoms with Crippen molar-refractivity contribution in [2.24, 2.45) is 17.8 Å². The van der Waals surface area contributed by atoms with Gasteiger partial charge in [0, 0.05) is 58.5 Å². The fourth-order valence-corrected chi connectivity index (χ4v) is 9.47. The number of carbonyl (C=O) groups excluding carboxylic acids is 3. The van der Waals surface area contributed by atoms with Crippen LogP contribution in [0.4, 0.5) is 0 Å². The van der Waals surface area contributed by atoms with Crippen LogP contribution in [0, 0.1) is 17.8 Å². The Labute approximate surface area is 364 Å². The van der Waals surface area contributed by atoms with E-state index in [4.69, 9.17) is 33.2 Å². The van der Waals surface area contributed by atoms with E-state index < -0.39 is 78.1 Å². The second kappa shape index (κ2) is 20.7. The van der Waals surface area contributed by atoms with E-state index in [1.807, 2.05) is 91.7 Å². The SMILES string of the molecule is CO[C@]1(C)C[C@H](O[C@H]2[C@H](C)[C@@H](O[C@@H]3O[C@H](C)C[C@H](N(C)C)[C@H]3O)[C@](C)(O)C[C@@H](C)CN(C)C(=O)C[C@H](Cc3ccc(OC(C)(C)C)cc3)NC(=O)[C@@H]2C)O[C@@H](C)[C@@H]1OC(C)=O. The molecule has 3 N–H and O–H groups in total. The maximum atomic E-state index is 14.7. The Morgan fingerprint density at radius 3 is 2.21 bits per heavy atom. The van der Waals surface area contributed by atoms with Gasteiger partial charge in [0.15, 0.2) is 18.7 Å². The second-order valence-corrected chi connectivity index (χ2v) is 19.8. The number of nitrogens with one attached hydrogen (secondary N) is 1. The first-order valence-corrected chi connectivity index (χ1v) is 22.0. The molecule has 0 radical (unpaired) electrons. The summed E-state index contributed by atoms with van der Waals surface area (Å²) in [6, 6.07) is 6.80. The van der Waals surface area contributed by atoms with Crippen LogP contribution >= 0.6 is 0 Å². The highest BCUT2D eigenvalue weighted by molar-refractivity contribution is 5.81. The summed E-state index contributed by atoms with van der Waals surface area (Å²) in [4.78, 5) is 44.3. The number of hydrogen-bond donors (Lipinski definition) is 3. The Morgan fingerprint density at radius 1 is 1.00 bits per heavy atom. The van der Waals surface area contributed by atoms with Crippen LogP contribution in [-0.2, 0) is 49.2 Å². The van der Waals surface area contributed by atoms with Gasteiger partial charge in [0.2, 0.25) is 11.8 Å². The minimum atomic E-state index is -1.57. The molecule has 0 unspecified atom stereocenters. The van der Waals surface area contributed by atoms with Crippen LogP contribution in [0.25, 0.3) is 0 Å². The molecule has 15 heteroatoms. The summed E-state index contributed by atoms with van der Waals surface area (Å²) in [7, 11) is 7.05. The van der Waals surface area contributed by atoms with Crippen molar-refractivity contribution in [1.29, 1.82) is 0 Å². The number of carbonyl (C=O) groups is 3. The molecule has 3 aliphatic heterocycles. The lowest BCUT2D eigenvalue weighted by atomic mass is 9.77. The van der Waals surface area contributed by atoms with Crippen LogP contribution in [0.15, 0.2) is 24.3 Å². The molecule has 0 bridgehead atoms. The van der Waals surface area contributed by atoms with Gasteiger partial charge in [-0.15, -0.1) is 0 Å². The molecule has 1 aromatic rings. The molecular formula is C46H77N3O12. The number of likely N-dealkylation sites (N-methyl/N-ethyl adjacent to an activating group) is 1. The molecule has 15 nitrogen and oxygen atoms in total. The fraction of sp³-hybridized carbons (Fsp3) is 0.804. The molecule has 3 fully saturated rings. The summed E-state index contributed by atoms with van der Waals surface area (Å²) in [6.45, 7) is 20.4. The third-order valence-electron chi connectivity index (χ3n) is 12.5. The zero-order valence-electron chi connectivity index (χ0n) is 39.4. The van der Waals surface area contributed by atoms with Gasteiger partial charge < -0.3 is 58.5 Å². The molecular weight excluding hydrogens is 787 g/mol. The molecule has 61 heavy (non-hydrogen) atoms. The van der Waals surface area contributed by atoms with Crippen LogP contribution in [0.2, 0.25) is 0 Å². The Kier molecular flexibility index (Phi) is 17.3. The lowest BCUT2D eigenvalue weighted by molar-refractivity contribution is -0.318. The van der Waals surface area contributed by atoms with Crippen molar-refractivity contribution >= 4 is 17.8 Å². The van der Waals surface area contributed by atoms with E-state index in [1.165, 1.54) is 14.0 Å². The summed E-state index contributed by atoms with van der Waals surface area (Å²) in [5.74, 6) is -2.10. The zero-order chi connectivity index (χ0) is 45.8. The number of aliphatic hydroxyl groups is 2. The number of nitrogens with zero attached hydrogens (tertiary/aromatic N) is 2. The number of aliphatic hydroxyl groups excluding tert-OH is 1. The molecule has 348 valence electrons. The predicted octanol–water partition coefficient (Wildman–Crippen LogP) is 4.47. The average Bonchev–Trinajstić information content (AvgIpc) is 3.14. The van der Waals surface area contributed by atoms with Gasteiger partial charge in [-0.1, -0.05) is 32.9 Å². The van der Waals surface area contributed by atoms with E-state index in [2.05, 4.69) is 5.32 Å². The standard InChI is InChI=1S/C46H77N3O12/c1-26-23-45(10,54)40(60-43-38(52)35(48(12)13)20-27(2)56-43)28(3)39(59-37-24-46(11,55-15)41(30(5)57-37)58-31(6)50)29(4)42(53)47-33(22-36(51)49(14)25-26)21-32-16-18-34(19-17-32)61-44(7,8)9/h16-19,26-30,33,35,37-41,43,52,54H,20-25H2,1-15H3,(H,47,53)/t26-,27-,28+,29-,30+,33+,35+,37+,38-,39+,40-,41+,43+,45-,46-/m1/s1. The van der Waals surface area contributed by atoms with Crippen LogP contribution in [0.3, 0.4) is 0 Å². The van der Waals surface area contributed by atoms with E-state index >= 15 is 0 Å². The maximum Gasteiger partial charge on any atom is 0.303 e. The summed E-state index contributed by atoms with van der Waals surface area (Å²) in [5.41, 5.74) is -2.04. The van der Waals surface area contributed by atoms with Crippen LogP contribution in [0.5, 0.6) is 5.75 Å². The number of rotatable bonds is 10. The van der Waals surface area contributed by atoms with Gasteiger partial charge in [-0.3, -0.25) is 14.4 Å². The van der Waals surface area contributed by atoms with Crippen molar-refractivity contribution in [3.63, 3.8) is 0 Å². The fourth-order valence-electron chi connectivity index (χ4n) is 9.47. The van der Waals surface area contributed by atoms with E-state index in [1.54, 1.807) is 32.7 Å². The van der Waals surface area contributed by atoms with Crippen molar-refractivity contribution in [2.75, 3.05) is 34.8 Å². The summed E-state index contributed by atoms with van der Waals surface area (Å²) in [5, 5.41) is 27.4. The monoisotopic (exact) mass is 864 g/mol. The van der Waals surface area contributed by atoms with Crippen molar-refractivity contribution in [2.45, 2.75) is 186 Å². The minimum Gasteiger partial charge on any atom is -0.488 e. The van der Waals surface area contributed by atoms with Crippen molar-refractivity contribution in [3.8, 4) is 5.75 Å². The molecule has 3 heterocycles. The van der Waals surface area contributed by atoms with Crippen LogP contribution in [-0.4, -0.2) is 151 Å². The van der Waals surface area contributed by atoms with E-state index in [0.717, 1.165) is 5.56 Å². The highest BCUT2D eigenvalue weighted by Crippen LogP contribution is 2.40. The third-order valence-corrected chi connectivity index (χ3v) is 12.5. The number of benzene rings is 1. The van der Waals surface area contributed by atoms with Gasteiger partial charge in [-0.2, -0.15) is 0 Å². The van der Waals surface area contributed by atoms with Gasteiger partial charge in [0.25, 0.3) is 0 Å². The van der Waals surface area contributed by atoms with Gasteiger partial charge in [-0.05, 0) is 105 Å². The smallest absolute Gasteiger partial charge is 0.303 e. The van der Waals surface area contributed by atoms with Crippen LogP contribution in [0.1, 0.15) is 107 Å². The molecule has 0 aromatic heterocycles. The number of hydrogen-bond acceptors (Lipinski definition) is 13. The van der Waals surface area contributed by atoms with Crippen molar-refractivity contribution in [3.05, 3.63) is 29.8 Å². The summed E-state index contributed by atoms with van der Waals surface area (Å²) in [6.07, 6.45) is -5.43. The molecule has 4 rings (SSSR count). The zero-order valence-corrected chi connectivity index (χ0v) is 39.4. The lowest BCUT2D eigenvalue weighted by Crippen LogP contribution is -2.61. The molecule has 0 spiro atoms. The first kappa shape index (κ1) is 50.8. The number of esters is 1. The van der Waals surface area contributed by atoms with Crippen LogP contribution < -0.4 is 10.1 Å². The molecule has 1 aromatic carbocycles. The third kappa shape index (κ3) is 13.6. The second-order valence-electron chi connectivity index (χ2n) is 19.8. The molecule has 3 aliphatic rings. The molecule has 0 saturated carbocycles. The van der Waals surface area contributed by atoms with Gasteiger partial charge in [-0.25, -0.2) is 0 Å². The summed E-state index contributed by atoms with van der Waals surface area (Å²) < 4.78 is 44.0. The molecule has 2 amide bonds. The first-order chi connectivity index (χ1) is 28.2. The maximum absolute atomic E-state index is 14.7. The Bertz CT molecular complexity index is 1600. The predicted molar refractivity (Wildman–Crippen MR) is 230 cm³/mol. The topological polar surface area (TPSA) is 175 Å². The van der Waals surface area contributed by atoms with E-state index in [0.29, 0.717) is 25.1 Å². The van der Waals surface area contributed by atoms with Crippen molar-refractivity contribution in [1.82, 2.24) is 15.1 Å². The molecule has 15 atom stereocenters. The largest absolute Gasteiger partial charge is 0.488 e. The molecule has 3 saturated heterocycles. The van der Waals surface area contributed by atoms with E-state index in [-0.39, 0.29) is 54.7 Å². The highest BCUT2D eigenvalue weighted by Gasteiger charge is 2.52. The number of ether oxygens (including phenoxy) is 7. The quantitative estimate of drug-likeness (QED) is 0.282. The van der Waals surface area contributed by atoms with Gasteiger partial charge in [0.1, 0.15) is 23.1 Å². The normalized spacial score (nSPS) is 38.7. The minimum absolute atomic E-state index is 0.0419. The molecule has 0 aliphatic carbocycles. The number of amides is 2. The Morgan fingerprint density at radius 2 is 1.64 bits per heavy atom. The average molecular weight is 864 g/mol.